The molecule has 4 heterocycles. The lowest BCUT2D eigenvalue weighted by molar-refractivity contribution is -0.0848. The van der Waals surface area contributed by atoms with Crippen molar-refractivity contribution in [3.05, 3.63) is 58.3 Å². The van der Waals surface area contributed by atoms with Crippen molar-refractivity contribution in [2.24, 2.45) is 0 Å². The van der Waals surface area contributed by atoms with E-state index in [-0.39, 0.29) is 5.56 Å². The summed E-state index contributed by atoms with van der Waals surface area (Å²) in [6.07, 6.45) is -2.20. The van der Waals surface area contributed by atoms with Gasteiger partial charge in [-0.3, -0.25) is 4.79 Å². The van der Waals surface area contributed by atoms with E-state index < -0.39 is 30.6 Å². The van der Waals surface area contributed by atoms with Crippen LogP contribution in [0.3, 0.4) is 0 Å². The van der Waals surface area contributed by atoms with Gasteiger partial charge in [0.05, 0.1) is 18.3 Å². The fourth-order valence-electron chi connectivity index (χ4n) is 3.94. The Morgan fingerprint density at radius 2 is 2.11 bits per heavy atom. The largest absolute Gasteiger partial charge is 0.493 e. The number of rotatable bonds is 3. The van der Waals surface area contributed by atoms with Crippen LogP contribution in [0.2, 0.25) is 0 Å². The lowest BCUT2D eigenvalue weighted by atomic mass is 9.97. The van der Waals surface area contributed by atoms with Crippen molar-refractivity contribution in [1.29, 1.82) is 0 Å². The van der Waals surface area contributed by atoms with Crippen LogP contribution in [0.15, 0.2) is 41.6 Å². The molecule has 9 heteroatoms. The lowest BCUT2D eigenvalue weighted by Crippen LogP contribution is -2.34. The molecule has 2 aliphatic rings. The zero-order chi connectivity index (χ0) is 19.4. The van der Waals surface area contributed by atoms with Gasteiger partial charge in [0.2, 0.25) is 0 Å². The van der Waals surface area contributed by atoms with Gasteiger partial charge in [-0.2, -0.15) is 0 Å². The van der Waals surface area contributed by atoms with Gasteiger partial charge in [0.1, 0.15) is 35.8 Å². The average Bonchev–Trinajstić information content (AvgIpc) is 3.40. The van der Waals surface area contributed by atoms with Crippen molar-refractivity contribution < 1.29 is 24.8 Å². The van der Waals surface area contributed by atoms with Crippen LogP contribution in [-0.2, 0) is 11.2 Å². The molecule has 9 nitrogen and oxygen atoms in total. The number of fused-ring (bicyclic) bond motifs is 2. The SMILES string of the molecule is O=c1[nH]cnc2c1ccn2[C@@H]1O[C@H]([C@H](O)c2ccc3c(c2)CCO3)[C@@H](O)[C@H]1O. The predicted octanol–water partition coefficient (Wildman–Crippen LogP) is 0.0123. The number of nitrogens with zero attached hydrogens (tertiary/aromatic N) is 2. The highest BCUT2D eigenvalue weighted by molar-refractivity contribution is 5.74. The molecule has 4 N–H and O–H groups in total. The van der Waals surface area contributed by atoms with Crippen LogP contribution in [-0.4, -0.2) is 54.8 Å². The van der Waals surface area contributed by atoms with Crippen molar-refractivity contribution in [2.75, 3.05) is 6.61 Å². The monoisotopic (exact) mass is 385 g/mol. The van der Waals surface area contributed by atoms with E-state index in [0.717, 1.165) is 17.7 Å². The minimum Gasteiger partial charge on any atom is -0.493 e. The molecule has 1 aromatic carbocycles. The highest BCUT2D eigenvalue weighted by atomic mass is 16.6. The number of nitrogens with one attached hydrogen (secondary N) is 1. The summed E-state index contributed by atoms with van der Waals surface area (Å²) in [4.78, 5) is 18.5. The molecule has 28 heavy (non-hydrogen) atoms. The molecular formula is C19H19N3O6. The molecule has 0 aliphatic carbocycles. The van der Waals surface area contributed by atoms with Gasteiger partial charge in [0, 0.05) is 12.6 Å². The maximum absolute atomic E-state index is 11.9. The van der Waals surface area contributed by atoms with E-state index in [1.807, 2.05) is 6.07 Å². The number of aliphatic hydroxyl groups is 3. The Morgan fingerprint density at radius 1 is 1.25 bits per heavy atom. The molecule has 0 unspecified atom stereocenters. The standard InChI is InChI=1S/C19H19N3O6/c23-13(10-1-2-12-9(7-10)4-6-27-12)16-14(24)15(25)19(28-16)22-5-3-11-17(22)20-8-21-18(11)26/h1-3,5,7-8,13-16,19,23-25H,4,6H2,(H,20,21,26)/t13-,14+,15-,16-,19-/m1/s1. The molecule has 0 amide bonds. The van der Waals surface area contributed by atoms with Gasteiger partial charge in [0.25, 0.3) is 5.56 Å². The summed E-state index contributed by atoms with van der Waals surface area (Å²) >= 11 is 0. The highest BCUT2D eigenvalue weighted by Crippen LogP contribution is 2.38. The lowest BCUT2D eigenvalue weighted by Gasteiger charge is -2.22. The summed E-state index contributed by atoms with van der Waals surface area (Å²) in [5.41, 5.74) is 1.58. The van der Waals surface area contributed by atoms with Gasteiger partial charge in [-0.15, -0.1) is 0 Å². The minimum absolute atomic E-state index is 0.311. The molecule has 3 aromatic rings. The van der Waals surface area contributed by atoms with Gasteiger partial charge in [-0.05, 0) is 29.3 Å². The number of hydrogen-bond donors (Lipinski definition) is 4. The maximum atomic E-state index is 11.9. The van der Waals surface area contributed by atoms with Crippen LogP contribution in [0.5, 0.6) is 5.75 Å². The molecular weight excluding hydrogens is 366 g/mol. The number of benzene rings is 1. The van der Waals surface area contributed by atoms with E-state index in [9.17, 15) is 20.1 Å². The molecule has 0 radical (unpaired) electrons. The zero-order valence-corrected chi connectivity index (χ0v) is 14.7. The summed E-state index contributed by atoms with van der Waals surface area (Å²) in [5, 5.41) is 32.2. The molecule has 146 valence electrons. The van der Waals surface area contributed by atoms with Crippen LogP contribution in [0, 0.1) is 0 Å². The number of aromatic nitrogens is 3. The molecule has 0 spiro atoms. The minimum atomic E-state index is -1.32. The summed E-state index contributed by atoms with van der Waals surface area (Å²) in [5.74, 6) is 0.789. The second kappa shape index (κ2) is 6.42. The number of H-pyrrole nitrogens is 1. The van der Waals surface area contributed by atoms with Crippen molar-refractivity contribution >= 4 is 11.0 Å². The molecule has 5 rings (SSSR count). The number of aliphatic hydroxyl groups excluding tert-OH is 3. The normalized spacial score (nSPS) is 27.7. The molecule has 2 aromatic heterocycles. The van der Waals surface area contributed by atoms with Crippen LogP contribution >= 0.6 is 0 Å². The van der Waals surface area contributed by atoms with Crippen LogP contribution in [0.4, 0.5) is 0 Å². The second-order valence-electron chi connectivity index (χ2n) is 7.07. The van der Waals surface area contributed by atoms with E-state index >= 15 is 0 Å². The molecule has 1 saturated heterocycles. The van der Waals surface area contributed by atoms with Crippen LogP contribution in [0.1, 0.15) is 23.5 Å². The van der Waals surface area contributed by atoms with Crippen LogP contribution in [0.25, 0.3) is 11.0 Å². The third-order valence-corrected chi connectivity index (χ3v) is 5.43. The molecule has 1 fully saturated rings. The van der Waals surface area contributed by atoms with Crippen molar-refractivity contribution in [3.63, 3.8) is 0 Å². The van der Waals surface area contributed by atoms with E-state index in [4.69, 9.17) is 9.47 Å². The summed E-state index contributed by atoms with van der Waals surface area (Å²) < 4.78 is 12.8. The molecule has 0 bridgehead atoms. The van der Waals surface area contributed by atoms with E-state index in [2.05, 4.69) is 9.97 Å². The Morgan fingerprint density at radius 3 is 2.96 bits per heavy atom. The average molecular weight is 385 g/mol. The van der Waals surface area contributed by atoms with Gasteiger partial charge in [-0.25, -0.2) is 4.98 Å². The highest BCUT2D eigenvalue weighted by Gasteiger charge is 2.47. The topological polar surface area (TPSA) is 130 Å². The predicted molar refractivity (Wildman–Crippen MR) is 96.9 cm³/mol. The number of aromatic amines is 1. The first-order valence-electron chi connectivity index (χ1n) is 9.04. The fraction of sp³-hybridized carbons (Fsp3) is 0.368. The molecule has 2 aliphatic heterocycles. The van der Waals surface area contributed by atoms with Crippen molar-refractivity contribution in [2.45, 2.75) is 37.1 Å². The quantitative estimate of drug-likeness (QED) is 0.500. The van der Waals surface area contributed by atoms with E-state index in [1.165, 1.54) is 10.9 Å². The van der Waals surface area contributed by atoms with Crippen LogP contribution < -0.4 is 10.3 Å². The Labute approximate surface area is 158 Å². The Hall–Kier alpha value is -2.72. The zero-order valence-electron chi connectivity index (χ0n) is 14.7. The maximum Gasteiger partial charge on any atom is 0.260 e. The van der Waals surface area contributed by atoms with Gasteiger partial charge in [-0.1, -0.05) is 6.07 Å². The van der Waals surface area contributed by atoms with Crippen molar-refractivity contribution in [3.8, 4) is 5.75 Å². The van der Waals surface area contributed by atoms with E-state index in [1.54, 1.807) is 24.4 Å². The Kier molecular flexibility index (Phi) is 3.98. The summed E-state index contributed by atoms with van der Waals surface area (Å²) in [7, 11) is 0. The first-order chi connectivity index (χ1) is 13.5. The van der Waals surface area contributed by atoms with Gasteiger partial charge in [0.15, 0.2) is 6.23 Å². The molecule has 0 saturated carbocycles. The van der Waals surface area contributed by atoms with Gasteiger partial charge >= 0.3 is 0 Å². The number of hydrogen-bond acceptors (Lipinski definition) is 7. The van der Waals surface area contributed by atoms with E-state index in [0.29, 0.717) is 23.2 Å². The van der Waals surface area contributed by atoms with Crippen molar-refractivity contribution in [1.82, 2.24) is 14.5 Å². The first-order valence-corrected chi connectivity index (χ1v) is 9.04. The van der Waals surface area contributed by atoms with Gasteiger partial charge < -0.3 is 34.3 Å². The Balaban J connectivity index is 1.46. The fourth-order valence-corrected chi connectivity index (χ4v) is 3.94. The summed E-state index contributed by atoms with van der Waals surface area (Å²) in [6.45, 7) is 0.602. The molecule has 5 atom stereocenters. The third-order valence-electron chi connectivity index (χ3n) is 5.43. The Bertz CT molecular complexity index is 1090. The number of ether oxygens (including phenoxy) is 2. The second-order valence-corrected chi connectivity index (χ2v) is 7.07. The summed E-state index contributed by atoms with van der Waals surface area (Å²) in [6, 6.07) is 6.89. The first kappa shape index (κ1) is 17.4. The smallest absolute Gasteiger partial charge is 0.260 e. The third kappa shape index (κ3) is 2.55.